The predicted octanol–water partition coefficient (Wildman–Crippen LogP) is 2.81. The number of hydrogen-bond donors (Lipinski definition) is 1. The van der Waals surface area contributed by atoms with Crippen LogP contribution >= 0.6 is 11.8 Å². The second kappa shape index (κ2) is 8.78. The number of thioether (sulfide) groups is 1. The Morgan fingerprint density at radius 1 is 1.23 bits per heavy atom. The molecule has 0 aliphatic heterocycles. The standard InChI is InChI=1S/C17H22N2O2S/c1-21-16-6-5-14(10-17(16)22-2)12-19(8-9-20)13-15-4-3-7-18-11-15/h3-7,10-11,20H,8-9,12-13H2,1-2H3. The SMILES string of the molecule is COc1ccc(CN(CCO)Cc2cccnc2)cc1SC. The number of aliphatic hydroxyl groups is 1. The van der Waals surface area contributed by atoms with Crippen LogP contribution in [-0.2, 0) is 13.1 Å². The monoisotopic (exact) mass is 318 g/mol. The molecular formula is C17H22N2O2S. The lowest BCUT2D eigenvalue weighted by molar-refractivity contribution is 0.184. The van der Waals surface area contributed by atoms with E-state index >= 15 is 0 Å². The highest BCUT2D eigenvalue weighted by molar-refractivity contribution is 7.98. The van der Waals surface area contributed by atoms with Crippen LogP contribution in [0.4, 0.5) is 0 Å². The normalized spacial score (nSPS) is 10.9. The molecule has 0 spiro atoms. The topological polar surface area (TPSA) is 45.6 Å². The number of rotatable bonds is 8. The Kier molecular flexibility index (Phi) is 6.71. The van der Waals surface area contributed by atoms with Crippen molar-refractivity contribution in [2.75, 3.05) is 26.5 Å². The van der Waals surface area contributed by atoms with Gasteiger partial charge in [-0.1, -0.05) is 12.1 Å². The molecule has 22 heavy (non-hydrogen) atoms. The van der Waals surface area contributed by atoms with Crippen LogP contribution in [0.15, 0.2) is 47.6 Å². The quantitative estimate of drug-likeness (QED) is 0.758. The summed E-state index contributed by atoms with van der Waals surface area (Å²) in [6.45, 7) is 2.34. The smallest absolute Gasteiger partial charge is 0.132 e. The molecule has 2 aromatic rings. The van der Waals surface area contributed by atoms with E-state index < -0.39 is 0 Å². The molecule has 118 valence electrons. The van der Waals surface area contributed by atoms with E-state index in [1.807, 2.05) is 24.6 Å². The van der Waals surface area contributed by atoms with E-state index in [-0.39, 0.29) is 6.61 Å². The number of aliphatic hydroxyl groups excluding tert-OH is 1. The first-order chi connectivity index (χ1) is 10.8. The third-order valence-corrected chi connectivity index (χ3v) is 4.16. The molecule has 1 aromatic carbocycles. The van der Waals surface area contributed by atoms with E-state index in [0.29, 0.717) is 6.54 Å². The van der Waals surface area contributed by atoms with Crippen molar-refractivity contribution >= 4 is 11.8 Å². The maximum atomic E-state index is 9.29. The van der Waals surface area contributed by atoms with Gasteiger partial charge in [0.25, 0.3) is 0 Å². The number of aromatic nitrogens is 1. The van der Waals surface area contributed by atoms with Crippen LogP contribution < -0.4 is 4.74 Å². The molecule has 0 aliphatic carbocycles. The van der Waals surface area contributed by atoms with Crippen molar-refractivity contribution in [3.63, 3.8) is 0 Å². The summed E-state index contributed by atoms with van der Waals surface area (Å²) in [6, 6.07) is 10.2. The minimum absolute atomic E-state index is 0.145. The molecule has 0 fully saturated rings. The highest BCUT2D eigenvalue weighted by Crippen LogP contribution is 2.28. The van der Waals surface area contributed by atoms with Gasteiger partial charge in [-0.15, -0.1) is 11.8 Å². The molecule has 1 heterocycles. The molecule has 2 rings (SSSR count). The van der Waals surface area contributed by atoms with Gasteiger partial charge in [-0.05, 0) is 35.6 Å². The summed E-state index contributed by atoms with van der Waals surface area (Å²) in [4.78, 5) is 7.49. The van der Waals surface area contributed by atoms with E-state index in [0.717, 1.165) is 29.3 Å². The van der Waals surface area contributed by atoms with Crippen LogP contribution in [0.1, 0.15) is 11.1 Å². The number of nitrogens with zero attached hydrogens (tertiary/aromatic N) is 2. The summed E-state index contributed by atoms with van der Waals surface area (Å²) in [5.41, 5.74) is 2.36. The van der Waals surface area contributed by atoms with Crippen molar-refractivity contribution < 1.29 is 9.84 Å². The van der Waals surface area contributed by atoms with Gasteiger partial charge in [0.15, 0.2) is 0 Å². The fraction of sp³-hybridized carbons (Fsp3) is 0.353. The van der Waals surface area contributed by atoms with Crippen molar-refractivity contribution in [1.29, 1.82) is 0 Å². The third kappa shape index (κ3) is 4.73. The largest absolute Gasteiger partial charge is 0.496 e. The predicted molar refractivity (Wildman–Crippen MR) is 90.2 cm³/mol. The summed E-state index contributed by atoms with van der Waals surface area (Å²) in [5, 5.41) is 9.29. The first kappa shape index (κ1) is 16.8. The van der Waals surface area contributed by atoms with E-state index in [4.69, 9.17) is 4.74 Å². The van der Waals surface area contributed by atoms with Crippen molar-refractivity contribution in [3.05, 3.63) is 53.9 Å². The molecule has 5 heteroatoms. The molecule has 0 saturated heterocycles. The zero-order valence-electron chi connectivity index (χ0n) is 13.0. The fourth-order valence-electron chi connectivity index (χ4n) is 2.34. The molecule has 4 nitrogen and oxygen atoms in total. The Balaban J connectivity index is 2.10. The fourth-order valence-corrected chi connectivity index (χ4v) is 2.96. The maximum Gasteiger partial charge on any atom is 0.132 e. The Morgan fingerprint density at radius 2 is 2.05 bits per heavy atom. The number of pyridine rings is 1. The van der Waals surface area contributed by atoms with Gasteiger partial charge in [-0.2, -0.15) is 0 Å². The first-order valence-corrected chi connectivity index (χ1v) is 8.42. The number of hydrogen-bond acceptors (Lipinski definition) is 5. The van der Waals surface area contributed by atoms with Crippen molar-refractivity contribution in [2.45, 2.75) is 18.0 Å². The van der Waals surface area contributed by atoms with Crippen LogP contribution in [0.25, 0.3) is 0 Å². The van der Waals surface area contributed by atoms with Gasteiger partial charge < -0.3 is 9.84 Å². The molecule has 1 N–H and O–H groups in total. The van der Waals surface area contributed by atoms with E-state index in [1.165, 1.54) is 5.56 Å². The Labute approximate surface area is 136 Å². The minimum Gasteiger partial charge on any atom is -0.496 e. The Bertz CT molecular complexity index is 578. The van der Waals surface area contributed by atoms with Gasteiger partial charge in [0.05, 0.1) is 13.7 Å². The first-order valence-electron chi connectivity index (χ1n) is 7.20. The summed E-state index contributed by atoms with van der Waals surface area (Å²) >= 11 is 1.68. The lowest BCUT2D eigenvalue weighted by atomic mass is 10.2. The summed E-state index contributed by atoms with van der Waals surface area (Å²) in [6.07, 6.45) is 5.68. The van der Waals surface area contributed by atoms with Gasteiger partial charge in [-0.3, -0.25) is 9.88 Å². The van der Waals surface area contributed by atoms with Gasteiger partial charge in [0, 0.05) is 36.9 Å². The lowest BCUT2D eigenvalue weighted by Gasteiger charge is -2.22. The Hall–Kier alpha value is -1.56. The molecule has 0 saturated carbocycles. The average Bonchev–Trinajstić information content (AvgIpc) is 2.56. The number of methoxy groups -OCH3 is 1. The third-order valence-electron chi connectivity index (χ3n) is 3.40. The van der Waals surface area contributed by atoms with Gasteiger partial charge >= 0.3 is 0 Å². The number of benzene rings is 1. The second-order valence-electron chi connectivity index (χ2n) is 4.98. The molecule has 0 amide bonds. The lowest BCUT2D eigenvalue weighted by Crippen LogP contribution is -2.26. The average molecular weight is 318 g/mol. The van der Waals surface area contributed by atoms with Crippen LogP contribution in [0.2, 0.25) is 0 Å². The molecule has 0 aliphatic rings. The zero-order chi connectivity index (χ0) is 15.8. The van der Waals surface area contributed by atoms with Gasteiger partial charge in [-0.25, -0.2) is 0 Å². The molecule has 1 aromatic heterocycles. The summed E-state index contributed by atoms with van der Waals surface area (Å²) in [7, 11) is 1.69. The highest BCUT2D eigenvalue weighted by atomic mass is 32.2. The van der Waals surface area contributed by atoms with Gasteiger partial charge in [0.1, 0.15) is 5.75 Å². The van der Waals surface area contributed by atoms with Crippen molar-refractivity contribution in [3.8, 4) is 5.75 Å². The second-order valence-corrected chi connectivity index (χ2v) is 5.83. The van der Waals surface area contributed by atoms with Crippen molar-refractivity contribution in [2.24, 2.45) is 0 Å². The van der Waals surface area contributed by atoms with Crippen LogP contribution in [-0.4, -0.2) is 41.5 Å². The Morgan fingerprint density at radius 3 is 2.68 bits per heavy atom. The highest BCUT2D eigenvalue weighted by Gasteiger charge is 2.09. The van der Waals surface area contributed by atoms with E-state index in [1.54, 1.807) is 25.1 Å². The van der Waals surface area contributed by atoms with E-state index in [9.17, 15) is 5.11 Å². The molecule has 0 radical (unpaired) electrons. The summed E-state index contributed by atoms with van der Waals surface area (Å²) in [5.74, 6) is 0.900. The minimum atomic E-state index is 0.145. The number of ether oxygens (including phenoxy) is 1. The van der Waals surface area contributed by atoms with Crippen LogP contribution in [0.3, 0.4) is 0 Å². The van der Waals surface area contributed by atoms with Gasteiger partial charge in [0.2, 0.25) is 0 Å². The molecular weight excluding hydrogens is 296 g/mol. The molecule has 0 unspecified atom stereocenters. The molecule has 0 bridgehead atoms. The van der Waals surface area contributed by atoms with Crippen LogP contribution in [0.5, 0.6) is 5.75 Å². The maximum absolute atomic E-state index is 9.29. The van der Waals surface area contributed by atoms with E-state index in [2.05, 4.69) is 28.1 Å². The molecule has 0 atom stereocenters. The van der Waals surface area contributed by atoms with Crippen LogP contribution in [0, 0.1) is 0 Å². The zero-order valence-corrected chi connectivity index (χ0v) is 13.8. The van der Waals surface area contributed by atoms with Crippen molar-refractivity contribution in [1.82, 2.24) is 9.88 Å². The summed E-state index contributed by atoms with van der Waals surface area (Å²) < 4.78 is 5.36.